The molecular weight excluding hydrogens is 270 g/mol. The fraction of sp³-hybridized carbons (Fsp3) is 0.500. The molecule has 4 heteroatoms. The number of likely N-dealkylation sites (tertiary alicyclic amines) is 1. The number of piperidine rings is 1. The van der Waals surface area contributed by atoms with Gasteiger partial charge < -0.3 is 4.90 Å². The number of benzene rings is 1. The minimum absolute atomic E-state index is 0.481. The predicted molar refractivity (Wildman–Crippen MR) is 81.3 cm³/mol. The highest BCUT2D eigenvalue weighted by atomic mass is 32.2. The molecule has 2 heterocycles. The maximum absolute atomic E-state index is 13.0. The number of fused-ring (bicyclic) bond motifs is 1. The summed E-state index contributed by atoms with van der Waals surface area (Å²) in [6.07, 6.45) is 5.31. The van der Waals surface area contributed by atoms with Crippen LogP contribution in [0.15, 0.2) is 35.2 Å². The Labute approximate surface area is 121 Å². The van der Waals surface area contributed by atoms with Crippen LogP contribution in [0.1, 0.15) is 32.3 Å². The van der Waals surface area contributed by atoms with Crippen LogP contribution in [0.4, 0.5) is 0 Å². The monoisotopic (exact) mass is 291 g/mol. The molecular formula is C16H21NO2S. The number of hydrogen-bond donors (Lipinski definition) is 0. The second-order valence-corrected chi connectivity index (χ2v) is 8.33. The Morgan fingerprint density at radius 2 is 1.80 bits per heavy atom. The Hall–Kier alpha value is -1.13. The van der Waals surface area contributed by atoms with Crippen LogP contribution >= 0.6 is 0 Å². The molecule has 1 saturated heterocycles. The van der Waals surface area contributed by atoms with E-state index in [1.807, 2.05) is 30.4 Å². The van der Waals surface area contributed by atoms with Gasteiger partial charge in [0, 0.05) is 19.1 Å². The summed E-state index contributed by atoms with van der Waals surface area (Å²) in [7, 11) is -3.27. The van der Waals surface area contributed by atoms with Crippen molar-refractivity contribution in [3.8, 4) is 0 Å². The minimum Gasteiger partial charge on any atom is -0.301 e. The SMILES string of the molecule is CC(C)N1CCC2(C=Cc3ccccc3S2(=O)=O)CC1. The van der Waals surface area contributed by atoms with E-state index in [4.69, 9.17) is 0 Å². The van der Waals surface area contributed by atoms with Gasteiger partial charge in [0.1, 0.15) is 0 Å². The van der Waals surface area contributed by atoms with E-state index in [1.165, 1.54) is 0 Å². The van der Waals surface area contributed by atoms with Crippen LogP contribution in [0.3, 0.4) is 0 Å². The fourth-order valence-corrected chi connectivity index (χ4v) is 5.38. The Morgan fingerprint density at radius 1 is 1.15 bits per heavy atom. The van der Waals surface area contributed by atoms with Crippen molar-refractivity contribution in [3.05, 3.63) is 35.9 Å². The Bertz CT molecular complexity index is 638. The first-order valence-electron chi connectivity index (χ1n) is 7.23. The van der Waals surface area contributed by atoms with Crippen LogP contribution in [-0.4, -0.2) is 37.2 Å². The van der Waals surface area contributed by atoms with E-state index in [0.717, 1.165) is 18.7 Å². The second kappa shape index (κ2) is 4.71. The number of rotatable bonds is 1. The molecule has 1 aromatic carbocycles. The quantitative estimate of drug-likeness (QED) is 0.798. The first-order chi connectivity index (χ1) is 9.46. The van der Waals surface area contributed by atoms with Gasteiger partial charge in [-0.1, -0.05) is 30.4 Å². The standard InChI is InChI=1S/C16H21NO2S/c1-13(2)17-11-9-16(10-12-17)8-7-14-5-3-4-6-15(14)20(16,18)19/h3-8,13H,9-12H2,1-2H3. The molecule has 0 unspecified atom stereocenters. The number of hydrogen-bond acceptors (Lipinski definition) is 3. The molecule has 0 atom stereocenters. The molecule has 3 nitrogen and oxygen atoms in total. The molecule has 0 amide bonds. The van der Waals surface area contributed by atoms with Crippen LogP contribution in [0.5, 0.6) is 0 Å². The third kappa shape index (κ3) is 1.93. The van der Waals surface area contributed by atoms with E-state index in [-0.39, 0.29) is 0 Å². The summed E-state index contributed by atoms with van der Waals surface area (Å²) in [5.74, 6) is 0. The Balaban J connectivity index is 1.98. The Kier molecular flexibility index (Phi) is 3.26. The van der Waals surface area contributed by atoms with Gasteiger partial charge in [-0.05, 0) is 38.3 Å². The topological polar surface area (TPSA) is 37.4 Å². The molecule has 2 aliphatic rings. The molecule has 0 bridgehead atoms. The average molecular weight is 291 g/mol. The van der Waals surface area contributed by atoms with Gasteiger partial charge in [0.05, 0.1) is 9.64 Å². The van der Waals surface area contributed by atoms with Gasteiger partial charge in [-0.2, -0.15) is 0 Å². The largest absolute Gasteiger partial charge is 0.301 e. The van der Waals surface area contributed by atoms with Crippen molar-refractivity contribution in [1.82, 2.24) is 4.90 Å². The molecule has 3 rings (SSSR count). The molecule has 1 aromatic rings. The second-order valence-electron chi connectivity index (χ2n) is 6.07. The summed E-state index contributed by atoms with van der Waals surface area (Å²) in [5, 5.41) is 0. The van der Waals surface area contributed by atoms with Gasteiger partial charge in [0.15, 0.2) is 9.84 Å². The first kappa shape index (κ1) is 13.8. The highest BCUT2D eigenvalue weighted by Crippen LogP contribution is 2.41. The van der Waals surface area contributed by atoms with E-state index < -0.39 is 14.6 Å². The zero-order chi connectivity index (χ0) is 14.4. The van der Waals surface area contributed by atoms with Crippen molar-refractivity contribution in [2.24, 2.45) is 0 Å². The van der Waals surface area contributed by atoms with Crippen LogP contribution in [0.2, 0.25) is 0 Å². The predicted octanol–water partition coefficient (Wildman–Crippen LogP) is 2.73. The summed E-state index contributed by atoms with van der Waals surface area (Å²) in [4.78, 5) is 2.86. The molecule has 108 valence electrons. The highest BCUT2D eigenvalue weighted by Gasteiger charge is 2.47. The van der Waals surface area contributed by atoms with Gasteiger partial charge in [0.25, 0.3) is 0 Å². The normalized spacial score (nSPS) is 23.9. The van der Waals surface area contributed by atoms with Crippen molar-refractivity contribution < 1.29 is 8.42 Å². The summed E-state index contributed by atoms with van der Waals surface area (Å²) in [5.41, 5.74) is 0.824. The third-order valence-electron chi connectivity index (χ3n) is 4.69. The molecule has 0 N–H and O–H groups in total. The lowest BCUT2D eigenvalue weighted by atomic mass is 9.93. The van der Waals surface area contributed by atoms with Crippen molar-refractivity contribution in [1.29, 1.82) is 0 Å². The summed E-state index contributed by atoms with van der Waals surface area (Å²) < 4.78 is 25.3. The smallest absolute Gasteiger partial charge is 0.188 e. The summed E-state index contributed by atoms with van der Waals surface area (Å²) >= 11 is 0. The fourth-order valence-electron chi connectivity index (χ4n) is 3.27. The molecule has 0 radical (unpaired) electrons. The van der Waals surface area contributed by atoms with Gasteiger partial charge in [0.2, 0.25) is 0 Å². The van der Waals surface area contributed by atoms with Crippen LogP contribution in [0.25, 0.3) is 6.08 Å². The maximum atomic E-state index is 13.0. The van der Waals surface area contributed by atoms with Gasteiger partial charge >= 0.3 is 0 Å². The lowest BCUT2D eigenvalue weighted by Crippen LogP contribution is -2.50. The van der Waals surface area contributed by atoms with E-state index in [0.29, 0.717) is 23.8 Å². The Morgan fingerprint density at radius 3 is 2.45 bits per heavy atom. The lowest BCUT2D eigenvalue weighted by Gasteiger charge is -2.42. The molecule has 2 aliphatic heterocycles. The minimum atomic E-state index is -3.27. The molecule has 1 spiro atoms. The highest BCUT2D eigenvalue weighted by molar-refractivity contribution is 7.93. The van der Waals surface area contributed by atoms with Crippen LogP contribution < -0.4 is 0 Å². The van der Waals surface area contributed by atoms with Crippen molar-refractivity contribution in [2.75, 3.05) is 13.1 Å². The van der Waals surface area contributed by atoms with Crippen molar-refractivity contribution in [2.45, 2.75) is 42.4 Å². The summed E-state index contributed by atoms with van der Waals surface area (Å²) in [6.45, 7) is 6.03. The zero-order valence-corrected chi connectivity index (χ0v) is 12.9. The van der Waals surface area contributed by atoms with E-state index in [1.54, 1.807) is 6.07 Å². The lowest BCUT2D eigenvalue weighted by molar-refractivity contribution is 0.171. The van der Waals surface area contributed by atoms with E-state index >= 15 is 0 Å². The van der Waals surface area contributed by atoms with Gasteiger partial charge in [-0.25, -0.2) is 8.42 Å². The molecule has 1 fully saturated rings. The van der Waals surface area contributed by atoms with Crippen LogP contribution in [-0.2, 0) is 9.84 Å². The van der Waals surface area contributed by atoms with E-state index in [2.05, 4.69) is 18.7 Å². The average Bonchev–Trinajstić information content (AvgIpc) is 2.44. The van der Waals surface area contributed by atoms with E-state index in [9.17, 15) is 8.42 Å². The van der Waals surface area contributed by atoms with Gasteiger partial charge in [-0.15, -0.1) is 0 Å². The van der Waals surface area contributed by atoms with Crippen molar-refractivity contribution in [3.63, 3.8) is 0 Å². The number of nitrogens with zero attached hydrogens (tertiary/aromatic N) is 1. The maximum Gasteiger partial charge on any atom is 0.188 e. The molecule has 0 aliphatic carbocycles. The van der Waals surface area contributed by atoms with Crippen LogP contribution in [0, 0.1) is 0 Å². The van der Waals surface area contributed by atoms with Gasteiger partial charge in [-0.3, -0.25) is 0 Å². The third-order valence-corrected chi connectivity index (χ3v) is 7.25. The molecule has 0 saturated carbocycles. The molecule has 20 heavy (non-hydrogen) atoms. The first-order valence-corrected chi connectivity index (χ1v) is 8.72. The number of sulfone groups is 1. The van der Waals surface area contributed by atoms with Crippen molar-refractivity contribution >= 4 is 15.9 Å². The summed E-state index contributed by atoms with van der Waals surface area (Å²) in [6, 6.07) is 7.80. The molecule has 0 aromatic heterocycles. The zero-order valence-electron chi connectivity index (χ0n) is 12.0.